The summed E-state index contributed by atoms with van der Waals surface area (Å²) in [5, 5.41) is 23.1. The first-order chi connectivity index (χ1) is 35.0. The van der Waals surface area contributed by atoms with Crippen LogP contribution >= 0.6 is 0 Å². The summed E-state index contributed by atoms with van der Waals surface area (Å²) in [4.78, 5) is 24.5. The second-order valence-electron chi connectivity index (χ2n) is 21.4. The van der Waals surface area contributed by atoms with Gasteiger partial charge in [-0.3, -0.25) is 9.59 Å². The van der Waals surface area contributed by atoms with E-state index >= 15 is 0 Å². The fourth-order valence-electron chi connectivity index (χ4n) is 9.48. The zero-order valence-corrected chi connectivity index (χ0v) is 47.5. The molecule has 0 aliphatic carbocycles. The van der Waals surface area contributed by atoms with Gasteiger partial charge >= 0.3 is 5.97 Å². The number of ether oxygens (including phenoxy) is 1. The number of hydrogen-bond donors (Lipinski definition) is 3. The van der Waals surface area contributed by atoms with Crippen LogP contribution in [0.25, 0.3) is 0 Å². The molecule has 1 amide bonds. The fraction of sp³-hybridized carbons (Fsp3) is 0.846. The molecule has 0 aromatic heterocycles. The Morgan fingerprint density at radius 2 is 0.704 bits per heavy atom. The molecule has 6 nitrogen and oxygen atoms in total. The molecule has 71 heavy (non-hydrogen) atoms. The lowest BCUT2D eigenvalue weighted by Gasteiger charge is -2.20. The maximum absolute atomic E-state index is 12.4. The van der Waals surface area contributed by atoms with Crippen molar-refractivity contribution in [1.82, 2.24) is 5.32 Å². The summed E-state index contributed by atoms with van der Waals surface area (Å²) in [5.74, 6) is -0.0699. The van der Waals surface area contributed by atoms with Crippen molar-refractivity contribution in [2.45, 2.75) is 341 Å². The molecule has 0 rings (SSSR count). The molecule has 0 aliphatic rings. The molecule has 0 aromatic rings. The van der Waals surface area contributed by atoms with Gasteiger partial charge in [0.15, 0.2) is 0 Å². The average Bonchev–Trinajstić information content (AvgIpc) is 3.37. The number of nitrogens with one attached hydrogen (secondary N) is 1. The van der Waals surface area contributed by atoms with Gasteiger partial charge in [-0.25, -0.2) is 0 Å². The zero-order valence-electron chi connectivity index (χ0n) is 47.5. The Bertz CT molecular complexity index is 1190. The second-order valence-corrected chi connectivity index (χ2v) is 21.4. The number of aliphatic hydroxyl groups is 2. The van der Waals surface area contributed by atoms with E-state index < -0.39 is 12.1 Å². The number of unbranched alkanes of at least 4 members (excludes halogenated alkanes) is 41. The van der Waals surface area contributed by atoms with Crippen LogP contribution in [0, 0.1) is 0 Å². The molecule has 0 radical (unpaired) electrons. The molecule has 3 N–H and O–H groups in total. The van der Waals surface area contributed by atoms with Gasteiger partial charge in [0.05, 0.1) is 25.4 Å². The average molecular weight is 997 g/mol. The SMILES string of the molecule is CCCCC/C=C\C/C=C\CCCCCCCCCCCC(=O)OCCCCCCCCCCCCC/C=C\CCCCCCCCCC(=O)NC(CO)C(O)/C=C/CCCCCCCCCCCCC. The lowest BCUT2D eigenvalue weighted by Crippen LogP contribution is -2.45. The molecule has 2 unspecified atom stereocenters. The number of allylic oxidation sites excluding steroid dienone is 7. The number of carbonyl (C=O) groups is 2. The van der Waals surface area contributed by atoms with Crippen LogP contribution in [0.15, 0.2) is 48.6 Å². The molecule has 0 aliphatic heterocycles. The fourth-order valence-corrected chi connectivity index (χ4v) is 9.48. The van der Waals surface area contributed by atoms with Crippen LogP contribution in [0.2, 0.25) is 0 Å². The van der Waals surface area contributed by atoms with Crippen molar-refractivity contribution < 1.29 is 24.5 Å². The van der Waals surface area contributed by atoms with Gasteiger partial charge in [0.2, 0.25) is 5.91 Å². The molecule has 0 fully saturated rings. The van der Waals surface area contributed by atoms with Crippen LogP contribution in [-0.4, -0.2) is 47.4 Å². The van der Waals surface area contributed by atoms with Crippen LogP contribution in [-0.2, 0) is 14.3 Å². The summed E-state index contributed by atoms with van der Waals surface area (Å²) in [6, 6.07) is -0.633. The monoisotopic (exact) mass is 996 g/mol. The van der Waals surface area contributed by atoms with Crippen LogP contribution in [0.5, 0.6) is 0 Å². The van der Waals surface area contributed by atoms with Crippen molar-refractivity contribution in [3.8, 4) is 0 Å². The molecular formula is C65H121NO5. The maximum Gasteiger partial charge on any atom is 0.305 e. The van der Waals surface area contributed by atoms with Crippen LogP contribution in [0.3, 0.4) is 0 Å². The van der Waals surface area contributed by atoms with Crippen molar-refractivity contribution in [2.24, 2.45) is 0 Å². The highest BCUT2D eigenvalue weighted by molar-refractivity contribution is 5.76. The van der Waals surface area contributed by atoms with Crippen molar-refractivity contribution >= 4 is 11.9 Å². The number of esters is 1. The minimum absolute atomic E-state index is 0.00532. The van der Waals surface area contributed by atoms with E-state index in [-0.39, 0.29) is 18.5 Å². The lowest BCUT2D eigenvalue weighted by molar-refractivity contribution is -0.143. The molecule has 0 saturated heterocycles. The molecular weight excluding hydrogens is 875 g/mol. The van der Waals surface area contributed by atoms with E-state index in [0.29, 0.717) is 19.4 Å². The van der Waals surface area contributed by atoms with Crippen molar-refractivity contribution in [3.05, 3.63) is 48.6 Å². The molecule has 0 aromatic carbocycles. The highest BCUT2D eigenvalue weighted by Crippen LogP contribution is 2.16. The normalized spacial score (nSPS) is 12.9. The third kappa shape index (κ3) is 57.0. The van der Waals surface area contributed by atoms with E-state index in [1.54, 1.807) is 6.08 Å². The molecule has 0 saturated carbocycles. The number of amides is 1. The van der Waals surface area contributed by atoms with Gasteiger partial charge in [0.1, 0.15) is 0 Å². The Hall–Kier alpha value is -2.18. The predicted octanol–water partition coefficient (Wildman–Crippen LogP) is 19.7. The van der Waals surface area contributed by atoms with E-state index in [1.165, 1.54) is 244 Å². The van der Waals surface area contributed by atoms with Crippen LogP contribution in [0.4, 0.5) is 0 Å². The largest absolute Gasteiger partial charge is 0.466 e. The molecule has 6 heteroatoms. The number of hydrogen-bond acceptors (Lipinski definition) is 5. The first-order valence-corrected chi connectivity index (χ1v) is 31.4. The Morgan fingerprint density at radius 3 is 1.11 bits per heavy atom. The molecule has 416 valence electrons. The summed E-state index contributed by atoms with van der Waals surface area (Å²) in [6.45, 7) is 4.88. The standard InChI is InChI=1S/C65H121NO5/c1-3-5-7-9-11-13-15-17-18-19-24-28-31-35-39-43-47-51-55-59-65(70)71-60-56-52-48-44-40-36-32-29-26-23-21-20-22-25-27-30-34-38-42-46-50-54-58-64(69)66-62(61-67)63(68)57-53-49-45-41-37-33-16-14-12-10-8-6-4-2/h11,13,17-18,22,25,53,57,62-63,67-68H,3-10,12,14-16,19-21,23-24,26-52,54-56,58-61H2,1-2H3,(H,66,69)/b13-11-,18-17-,25-22-,57-53+. The smallest absolute Gasteiger partial charge is 0.305 e. The van der Waals surface area contributed by atoms with E-state index in [4.69, 9.17) is 4.74 Å². The summed E-state index contributed by atoms with van der Waals surface area (Å²) < 4.78 is 5.50. The minimum atomic E-state index is -0.849. The van der Waals surface area contributed by atoms with Gasteiger partial charge in [-0.1, -0.05) is 274 Å². The van der Waals surface area contributed by atoms with E-state index in [9.17, 15) is 19.8 Å². The third-order valence-electron chi connectivity index (χ3n) is 14.3. The quantitative estimate of drug-likeness (QED) is 0.0321. The topological polar surface area (TPSA) is 95.9 Å². The zero-order chi connectivity index (χ0) is 51.4. The highest BCUT2D eigenvalue weighted by atomic mass is 16.5. The lowest BCUT2D eigenvalue weighted by atomic mass is 10.0. The van der Waals surface area contributed by atoms with Gasteiger partial charge in [0, 0.05) is 12.8 Å². The molecule has 0 heterocycles. The molecule has 0 spiro atoms. The molecule has 0 bridgehead atoms. The second kappa shape index (κ2) is 60.4. The minimum Gasteiger partial charge on any atom is -0.466 e. The summed E-state index contributed by atoms with van der Waals surface area (Å²) in [6.07, 6.45) is 77.2. The Labute approximate surface area is 442 Å². The molecule has 2 atom stereocenters. The highest BCUT2D eigenvalue weighted by Gasteiger charge is 2.18. The third-order valence-corrected chi connectivity index (χ3v) is 14.3. The van der Waals surface area contributed by atoms with E-state index in [0.717, 1.165) is 57.8 Å². The first kappa shape index (κ1) is 68.8. The Morgan fingerprint density at radius 1 is 0.394 bits per heavy atom. The van der Waals surface area contributed by atoms with Gasteiger partial charge in [-0.15, -0.1) is 0 Å². The maximum atomic E-state index is 12.4. The van der Waals surface area contributed by atoms with Gasteiger partial charge in [-0.2, -0.15) is 0 Å². The van der Waals surface area contributed by atoms with Gasteiger partial charge < -0.3 is 20.3 Å². The van der Waals surface area contributed by atoms with Crippen molar-refractivity contribution in [2.75, 3.05) is 13.2 Å². The summed E-state index contributed by atoms with van der Waals surface area (Å²) in [5.41, 5.74) is 0. The van der Waals surface area contributed by atoms with Crippen LogP contribution in [0.1, 0.15) is 328 Å². The summed E-state index contributed by atoms with van der Waals surface area (Å²) in [7, 11) is 0. The predicted molar refractivity (Wildman–Crippen MR) is 310 cm³/mol. The van der Waals surface area contributed by atoms with Crippen molar-refractivity contribution in [3.63, 3.8) is 0 Å². The first-order valence-electron chi connectivity index (χ1n) is 31.4. The van der Waals surface area contributed by atoms with E-state index in [1.807, 2.05) is 6.08 Å². The Balaban J connectivity index is 3.42. The van der Waals surface area contributed by atoms with Crippen molar-refractivity contribution in [1.29, 1.82) is 0 Å². The van der Waals surface area contributed by atoms with Gasteiger partial charge in [-0.05, 0) is 89.9 Å². The Kier molecular flexibility index (Phi) is 58.5. The number of carbonyl (C=O) groups excluding carboxylic acids is 2. The van der Waals surface area contributed by atoms with Gasteiger partial charge in [0.25, 0.3) is 0 Å². The number of aliphatic hydroxyl groups excluding tert-OH is 2. The number of rotatable bonds is 58. The van der Waals surface area contributed by atoms with E-state index in [2.05, 4.69) is 55.6 Å². The summed E-state index contributed by atoms with van der Waals surface area (Å²) >= 11 is 0. The van der Waals surface area contributed by atoms with Crippen LogP contribution < -0.4 is 5.32 Å².